The molecule has 0 aliphatic carbocycles. The first-order valence-electron chi connectivity index (χ1n) is 11.8. The van der Waals surface area contributed by atoms with Gasteiger partial charge in [0.1, 0.15) is 22.7 Å². The monoisotopic (exact) mass is 557 g/mol. The molecule has 1 aromatic heterocycles. The Labute approximate surface area is 218 Å². The Bertz CT molecular complexity index is 820. The number of hydrogen-bond acceptors (Lipinski definition) is 7. The minimum atomic E-state index is -0.396. The number of ether oxygens (including phenoxy) is 3. The van der Waals surface area contributed by atoms with E-state index >= 15 is 0 Å². The first-order valence-corrected chi connectivity index (χ1v) is 13.4. The topological polar surface area (TPSA) is 66.9 Å². The van der Waals surface area contributed by atoms with Crippen molar-refractivity contribution >= 4 is 33.9 Å². The molecule has 1 unspecified atom stereocenters. The molecule has 6 nitrogen and oxygen atoms in total. The van der Waals surface area contributed by atoms with Crippen molar-refractivity contribution in [3.63, 3.8) is 0 Å². The van der Waals surface area contributed by atoms with E-state index in [0.29, 0.717) is 30.0 Å². The van der Waals surface area contributed by atoms with Crippen LogP contribution in [0.1, 0.15) is 72.2 Å². The fourth-order valence-corrected chi connectivity index (χ4v) is 3.21. The molecule has 34 heavy (non-hydrogen) atoms. The SMILES string of the molecule is CC.CCC.CCOC(=O)COc1ccc(OC(COSC(C)C)c2cccc(Br)n2)cc1C. The van der Waals surface area contributed by atoms with Crippen molar-refractivity contribution in [2.75, 3.05) is 19.8 Å². The summed E-state index contributed by atoms with van der Waals surface area (Å²) in [6.45, 7) is 16.6. The molecule has 1 atom stereocenters. The van der Waals surface area contributed by atoms with Crippen molar-refractivity contribution < 1.29 is 23.2 Å². The van der Waals surface area contributed by atoms with Crippen LogP contribution in [0.5, 0.6) is 11.5 Å². The van der Waals surface area contributed by atoms with Crippen molar-refractivity contribution in [3.8, 4) is 11.5 Å². The number of pyridine rings is 1. The third kappa shape index (κ3) is 13.8. The number of carbonyl (C=O) groups excluding carboxylic acids is 1. The van der Waals surface area contributed by atoms with Crippen LogP contribution in [0.4, 0.5) is 0 Å². The lowest BCUT2D eigenvalue weighted by Gasteiger charge is -2.20. The van der Waals surface area contributed by atoms with E-state index in [9.17, 15) is 4.79 Å². The minimum Gasteiger partial charge on any atom is -0.482 e. The molecule has 2 aromatic rings. The molecule has 0 saturated carbocycles. The molecule has 0 saturated heterocycles. The van der Waals surface area contributed by atoms with Crippen LogP contribution in [0.15, 0.2) is 41.0 Å². The zero-order chi connectivity index (χ0) is 25.9. The summed E-state index contributed by atoms with van der Waals surface area (Å²) in [6, 6.07) is 11.1. The highest BCUT2D eigenvalue weighted by Crippen LogP contribution is 2.28. The molecule has 0 amide bonds. The summed E-state index contributed by atoms with van der Waals surface area (Å²) < 4.78 is 23.0. The van der Waals surface area contributed by atoms with Gasteiger partial charge in [0.2, 0.25) is 0 Å². The highest BCUT2D eigenvalue weighted by atomic mass is 79.9. The van der Waals surface area contributed by atoms with E-state index in [2.05, 4.69) is 48.6 Å². The predicted octanol–water partition coefficient (Wildman–Crippen LogP) is 7.73. The normalized spacial score (nSPS) is 10.9. The first kappa shape index (κ1) is 32.2. The van der Waals surface area contributed by atoms with Crippen LogP contribution in [0, 0.1) is 6.92 Å². The van der Waals surface area contributed by atoms with Gasteiger partial charge in [0.15, 0.2) is 12.7 Å². The molecule has 0 aliphatic heterocycles. The van der Waals surface area contributed by atoms with Crippen LogP contribution in [-0.4, -0.2) is 36.0 Å². The molecule has 1 heterocycles. The lowest BCUT2D eigenvalue weighted by Crippen LogP contribution is -2.16. The van der Waals surface area contributed by atoms with Crippen LogP contribution in [0.25, 0.3) is 0 Å². The number of aryl methyl sites for hydroxylation is 1. The van der Waals surface area contributed by atoms with Gasteiger partial charge in [-0.2, -0.15) is 0 Å². The summed E-state index contributed by atoms with van der Waals surface area (Å²) in [6.07, 6.45) is 0.879. The molecular weight excluding hydrogens is 518 g/mol. The highest BCUT2D eigenvalue weighted by Gasteiger charge is 2.18. The van der Waals surface area contributed by atoms with Gasteiger partial charge in [-0.05, 0) is 77.7 Å². The largest absolute Gasteiger partial charge is 0.482 e. The number of carbonyl (C=O) groups is 1. The molecule has 0 aliphatic rings. The quantitative estimate of drug-likeness (QED) is 0.159. The number of nitrogens with zero attached hydrogens (tertiary/aromatic N) is 1. The molecule has 8 heteroatoms. The molecule has 0 radical (unpaired) electrons. The molecule has 192 valence electrons. The molecule has 2 rings (SSSR count). The summed E-state index contributed by atoms with van der Waals surface area (Å²) in [5.41, 5.74) is 1.62. The number of esters is 1. The van der Waals surface area contributed by atoms with Gasteiger partial charge in [-0.1, -0.05) is 54.0 Å². The van der Waals surface area contributed by atoms with Crippen LogP contribution in [0.2, 0.25) is 0 Å². The van der Waals surface area contributed by atoms with Crippen molar-refractivity contribution in [2.24, 2.45) is 0 Å². The maximum absolute atomic E-state index is 11.5. The summed E-state index contributed by atoms with van der Waals surface area (Å²) in [7, 11) is 0. The van der Waals surface area contributed by atoms with Gasteiger partial charge < -0.3 is 18.4 Å². The van der Waals surface area contributed by atoms with Crippen LogP contribution < -0.4 is 9.47 Å². The Morgan fingerprint density at radius 2 is 1.79 bits per heavy atom. The van der Waals surface area contributed by atoms with Crippen molar-refractivity contribution in [1.82, 2.24) is 4.98 Å². The van der Waals surface area contributed by atoms with E-state index in [4.69, 9.17) is 18.4 Å². The van der Waals surface area contributed by atoms with Gasteiger partial charge in [-0.3, -0.25) is 0 Å². The van der Waals surface area contributed by atoms with Crippen molar-refractivity contribution in [3.05, 3.63) is 52.3 Å². The average Bonchev–Trinajstić information content (AvgIpc) is 2.80. The van der Waals surface area contributed by atoms with Gasteiger partial charge in [0.25, 0.3) is 0 Å². The predicted molar refractivity (Wildman–Crippen MR) is 145 cm³/mol. The number of aromatic nitrogens is 1. The summed E-state index contributed by atoms with van der Waals surface area (Å²) in [5, 5.41) is 0.351. The summed E-state index contributed by atoms with van der Waals surface area (Å²) in [4.78, 5) is 16.0. The number of rotatable bonds is 11. The second-order valence-corrected chi connectivity index (χ2v) is 9.33. The van der Waals surface area contributed by atoms with E-state index in [-0.39, 0.29) is 12.7 Å². The van der Waals surface area contributed by atoms with Crippen LogP contribution >= 0.6 is 28.0 Å². The summed E-state index contributed by atoms with van der Waals surface area (Å²) in [5.74, 6) is 0.873. The Balaban J connectivity index is 0.00000201. The number of halogens is 1. The fraction of sp³-hybridized carbons (Fsp3) is 0.538. The van der Waals surface area contributed by atoms with E-state index in [1.165, 1.54) is 18.5 Å². The Hall–Kier alpha value is -1.77. The lowest BCUT2D eigenvalue weighted by molar-refractivity contribution is -0.145. The van der Waals surface area contributed by atoms with Gasteiger partial charge >= 0.3 is 5.97 Å². The third-order valence-electron chi connectivity index (χ3n) is 3.62. The van der Waals surface area contributed by atoms with Crippen LogP contribution in [-0.2, 0) is 13.7 Å². The number of hydrogen-bond donors (Lipinski definition) is 0. The molecular formula is C26H40BrNO5S. The van der Waals surface area contributed by atoms with Gasteiger partial charge in [-0.25, -0.2) is 9.78 Å². The Morgan fingerprint density at radius 3 is 2.35 bits per heavy atom. The van der Waals surface area contributed by atoms with E-state index in [1.807, 2.05) is 45.0 Å². The molecule has 0 N–H and O–H groups in total. The van der Waals surface area contributed by atoms with E-state index < -0.39 is 5.97 Å². The third-order valence-corrected chi connectivity index (χ3v) is 4.72. The number of benzene rings is 1. The lowest BCUT2D eigenvalue weighted by atomic mass is 10.2. The highest BCUT2D eigenvalue weighted by molar-refractivity contribution is 9.10. The first-order chi connectivity index (χ1) is 16.3. The van der Waals surface area contributed by atoms with E-state index in [1.54, 1.807) is 19.1 Å². The molecule has 0 bridgehead atoms. The Kier molecular flexibility index (Phi) is 18.5. The van der Waals surface area contributed by atoms with Gasteiger partial charge in [-0.15, -0.1) is 0 Å². The second-order valence-electron chi connectivity index (χ2n) is 7.15. The maximum Gasteiger partial charge on any atom is 0.344 e. The smallest absolute Gasteiger partial charge is 0.344 e. The summed E-state index contributed by atoms with van der Waals surface area (Å²) >= 11 is 4.81. The van der Waals surface area contributed by atoms with Gasteiger partial charge in [0.05, 0.1) is 12.3 Å². The zero-order valence-electron chi connectivity index (χ0n) is 21.7. The standard InChI is InChI=1S/C21H26BrNO5S.C3H8.C2H6/c1-5-25-21(24)13-26-18-10-9-16(11-15(18)4)28-19(12-27-29-14(2)3)17-7-6-8-20(22)23-17;1-3-2;1-2/h6-11,14,19H,5,12-13H2,1-4H3;3H2,1-2H3;1-2H3. The Morgan fingerprint density at radius 1 is 1.12 bits per heavy atom. The molecule has 0 fully saturated rings. The second kappa shape index (κ2) is 19.5. The van der Waals surface area contributed by atoms with Crippen molar-refractivity contribution in [2.45, 2.75) is 73.2 Å². The fourth-order valence-electron chi connectivity index (χ4n) is 2.38. The average molecular weight is 559 g/mol. The van der Waals surface area contributed by atoms with Crippen LogP contribution in [0.3, 0.4) is 0 Å². The molecule has 1 aromatic carbocycles. The zero-order valence-corrected chi connectivity index (χ0v) is 24.1. The van der Waals surface area contributed by atoms with Crippen molar-refractivity contribution in [1.29, 1.82) is 0 Å². The maximum atomic E-state index is 11.5. The molecule has 0 spiro atoms. The van der Waals surface area contributed by atoms with Gasteiger partial charge in [0, 0.05) is 5.25 Å². The minimum absolute atomic E-state index is 0.125. The van der Waals surface area contributed by atoms with E-state index in [0.717, 1.165) is 15.9 Å².